The van der Waals surface area contributed by atoms with Crippen molar-refractivity contribution in [3.05, 3.63) is 52.5 Å². The molecule has 108 valence electrons. The molecule has 1 heterocycles. The maximum absolute atomic E-state index is 4.34. The van der Waals surface area contributed by atoms with Gasteiger partial charge in [-0.3, -0.25) is 0 Å². The van der Waals surface area contributed by atoms with Crippen molar-refractivity contribution < 1.29 is 0 Å². The number of hydrogen-bond donors (Lipinski definition) is 1. The summed E-state index contributed by atoms with van der Waals surface area (Å²) in [4.78, 5) is 4.34. The predicted molar refractivity (Wildman–Crippen MR) is 87.1 cm³/mol. The highest BCUT2D eigenvalue weighted by Crippen LogP contribution is 2.29. The van der Waals surface area contributed by atoms with Gasteiger partial charge in [0, 0.05) is 30.6 Å². The van der Waals surface area contributed by atoms with Crippen LogP contribution in [0.3, 0.4) is 0 Å². The molecule has 0 saturated carbocycles. The number of nitrogens with zero attached hydrogens (tertiary/aromatic N) is 1. The minimum absolute atomic E-state index is 0.314. The molecule has 20 heavy (non-hydrogen) atoms. The smallest absolute Gasteiger partial charge is 0.0937 e. The van der Waals surface area contributed by atoms with Gasteiger partial charge in [0.15, 0.2) is 0 Å². The lowest BCUT2D eigenvalue weighted by atomic mass is 9.85. The van der Waals surface area contributed by atoms with E-state index in [9.17, 15) is 0 Å². The molecular weight excluding hydrogens is 264 g/mol. The molecule has 0 aliphatic heterocycles. The minimum Gasteiger partial charge on any atom is -0.310 e. The Morgan fingerprint density at radius 1 is 1.20 bits per heavy atom. The molecular formula is C17H24N2S. The maximum Gasteiger partial charge on any atom is 0.0937 e. The Kier molecular flexibility index (Phi) is 5.32. The van der Waals surface area contributed by atoms with Crippen LogP contribution < -0.4 is 5.32 Å². The Hall–Kier alpha value is -1.19. The number of thiazole rings is 1. The summed E-state index contributed by atoms with van der Waals surface area (Å²) in [6.45, 7) is 7.87. The van der Waals surface area contributed by atoms with Gasteiger partial charge < -0.3 is 5.32 Å². The van der Waals surface area contributed by atoms with E-state index < -0.39 is 0 Å². The largest absolute Gasteiger partial charge is 0.310 e. The van der Waals surface area contributed by atoms with Crippen molar-refractivity contribution in [2.45, 2.75) is 39.7 Å². The third-order valence-electron chi connectivity index (χ3n) is 3.23. The standard InChI is InChI=1S/C17H24N2S/c1-17(2,3)13-15(14-7-5-4-6-8-14)18-10-9-16-19-11-12-20-16/h4-8,11-12,15,18H,9-10,13H2,1-3H3. The molecule has 0 aliphatic carbocycles. The van der Waals surface area contributed by atoms with Crippen LogP contribution in [0.1, 0.15) is 43.8 Å². The van der Waals surface area contributed by atoms with Gasteiger partial charge in [0.2, 0.25) is 0 Å². The van der Waals surface area contributed by atoms with Crippen LogP contribution >= 0.6 is 11.3 Å². The van der Waals surface area contributed by atoms with Crippen LogP contribution in [0.5, 0.6) is 0 Å². The summed E-state index contributed by atoms with van der Waals surface area (Å²) < 4.78 is 0. The van der Waals surface area contributed by atoms with Crippen LogP contribution in [0.15, 0.2) is 41.9 Å². The van der Waals surface area contributed by atoms with E-state index in [1.807, 2.05) is 11.6 Å². The Bertz CT molecular complexity index is 485. The van der Waals surface area contributed by atoms with Crippen LogP contribution in [-0.2, 0) is 6.42 Å². The molecule has 0 bridgehead atoms. The summed E-state index contributed by atoms with van der Waals surface area (Å²) in [5.74, 6) is 0. The van der Waals surface area contributed by atoms with E-state index in [-0.39, 0.29) is 0 Å². The van der Waals surface area contributed by atoms with Crippen LogP contribution in [0.25, 0.3) is 0 Å². The topological polar surface area (TPSA) is 24.9 Å². The molecule has 1 aromatic heterocycles. The lowest BCUT2D eigenvalue weighted by molar-refractivity contribution is 0.312. The predicted octanol–water partition coefficient (Wildman–Crippen LogP) is 4.45. The number of rotatable bonds is 6. The Labute approximate surface area is 126 Å². The highest BCUT2D eigenvalue weighted by Gasteiger charge is 2.19. The van der Waals surface area contributed by atoms with Crippen molar-refractivity contribution in [1.82, 2.24) is 10.3 Å². The molecule has 2 rings (SSSR count). The van der Waals surface area contributed by atoms with Crippen LogP contribution in [0.4, 0.5) is 0 Å². The van der Waals surface area contributed by atoms with Gasteiger partial charge in [-0.15, -0.1) is 11.3 Å². The fourth-order valence-corrected chi connectivity index (χ4v) is 2.96. The van der Waals surface area contributed by atoms with Crippen molar-refractivity contribution in [3.63, 3.8) is 0 Å². The van der Waals surface area contributed by atoms with Gasteiger partial charge in [0.05, 0.1) is 5.01 Å². The third-order valence-corrected chi connectivity index (χ3v) is 4.07. The average molecular weight is 288 g/mol. The normalized spacial score (nSPS) is 13.3. The first kappa shape index (κ1) is 15.2. The number of hydrogen-bond acceptors (Lipinski definition) is 3. The van der Waals surface area contributed by atoms with Gasteiger partial charge in [-0.25, -0.2) is 4.98 Å². The molecule has 0 radical (unpaired) electrons. The fraction of sp³-hybridized carbons (Fsp3) is 0.471. The lowest BCUT2D eigenvalue weighted by Crippen LogP contribution is -2.27. The van der Waals surface area contributed by atoms with Crippen LogP contribution in [0.2, 0.25) is 0 Å². The molecule has 0 saturated heterocycles. The summed E-state index contributed by atoms with van der Waals surface area (Å²) in [6, 6.07) is 11.2. The zero-order chi connectivity index (χ0) is 14.4. The summed E-state index contributed by atoms with van der Waals surface area (Å²) in [5.41, 5.74) is 1.69. The molecule has 2 nitrogen and oxygen atoms in total. The molecule has 3 heteroatoms. The zero-order valence-corrected chi connectivity index (χ0v) is 13.4. The van der Waals surface area contributed by atoms with Gasteiger partial charge in [-0.1, -0.05) is 51.1 Å². The van der Waals surface area contributed by atoms with Crippen LogP contribution in [-0.4, -0.2) is 11.5 Å². The van der Waals surface area contributed by atoms with Crippen molar-refractivity contribution in [3.8, 4) is 0 Å². The Balaban J connectivity index is 1.96. The van der Waals surface area contributed by atoms with Gasteiger partial charge in [-0.2, -0.15) is 0 Å². The Morgan fingerprint density at radius 3 is 2.55 bits per heavy atom. The zero-order valence-electron chi connectivity index (χ0n) is 12.6. The van der Waals surface area contributed by atoms with E-state index in [4.69, 9.17) is 0 Å². The number of benzene rings is 1. The second-order valence-corrected chi connectivity index (χ2v) is 7.34. The highest BCUT2D eigenvalue weighted by atomic mass is 32.1. The van der Waals surface area contributed by atoms with Crippen LogP contribution in [0, 0.1) is 5.41 Å². The molecule has 1 aromatic carbocycles. The maximum atomic E-state index is 4.34. The summed E-state index contributed by atoms with van der Waals surface area (Å²) >= 11 is 1.73. The fourth-order valence-electron chi connectivity index (χ4n) is 2.34. The second-order valence-electron chi connectivity index (χ2n) is 6.36. The van der Waals surface area contributed by atoms with E-state index in [0.29, 0.717) is 11.5 Å². The second kappa shape index (κ2) is 7.00. The van der Waals surface area contributed by atoms with E-state index in [0.717, 1.165) is 19.4 Å². The van der Waals surface area contributed by atoms with Crippen molar-refractivity contribution in [1.29, 1.82) is 0 Å². The van der Waals surface area contributed by atoms with Crippen molar-refractivity contribution in [2.75, 3.05) is 6.54 Å². The number of nitrogens with one attached hydrogen (secondary N) is 1. The first-order chi connectivity index (χ1) is 9.54. The van der Waals surface area contributed by atoms with Gasteiger partial charge in [0.25, 0.3) is 0 Å². The molecule has 1 unspecified atom stereocenters. The van der Waals surface area contributed by atoms with E-state index >= 15 is 0 Å². The van der Waals surface area contributed by atoms with E-state index in [1.165, 1.54) is 10.6 Å². The minimum atomic E-state index is 0.314. The lowest BCUT2D eigenvalue weighted by Gasteiger charge is -2.27. The monoisotopic (exact) mass is 288 g/mol. The van der Waals surface area contributed by atoms with Crippen molar-refractivity contribution in [2.24, 2.45) is 5.41 Å². The third kappa shape index (κ3) is 5.06. The summed E-state index contributed by atoms with van der Waals surface area (Å²) in [7, 11) is 0. The Morgan fingerprint density at radius 2 is 1.95 bits per heavy atom. The van der Waals surface area contributed by atoms with Gasteiger partial charge >= 0.3 is 0 Å². The SMILES string of the molecule is CC(C)(C)CC(NCCc1nccs1)c1ccccc1. The average Bonchev–Trinajstić information content (AvgIpc) is 2.90. The molecule has 0 fully saturated rings. The quantitative estimate of drug-likeness (QED) is 0.849. The number of aromatic nitrogens is 1. The highest BCUT2D eigenvalue weighted by molar-refractivity contribution is 7.09. The summed E-state index contributed by atoms with van der Waals surface area (Å²) in [6.07, 6.45) is 4.02. The molecule has 0 spiro atoms. The molecule has 0 amide bonds. The molecule has 1 atom stereocenters. The van der Waals surface area contributed by atoms with E-state index in [2.05, 4.69) is 61.4 Å². The summed E-state index contributed by atoms with van der Waals surface area (Å²) in [5, 5.41) is 6.95. The van der Waals surface area contributed by atoms with Gasteiger partial charge in [0.1, 0.15) is 0 Å². The first-order valence-electron chi connectivity index (χ1n) is 7.21. The molecule has 1 N–H and O–H groups in total. The van der Waals surface area contributed by atoms with Crippen molar-refractivity contribution >= 4 is 11.3 Å². The van der Waals surface area contributed by atoms with E-state index in [1.54, 1.807) is 11.3 Å². The first-order valence-corrected chi connectivity index (χ1v) is 8.09. The molecule has 0 aliphatic rings. The van der Waals surface area contributed by atoms with Gasteiger partial charge in [-0.05, 0) is 17.4 Å². The molecule has 2 aromatic rings.